The number of ether oxygens (including phenoxy) is 1. The molecule has 144 valence electrons. The van der Waals surface area contributed by atoms with Gasteiger partial charge in [0.25, 0.3) is 11.8 Å². The van der Waals surface area contributed by atoms with E-state index in [0.29, 0.717) is 28.2 Å². The van der Waals surface area contributed by atoms with Crippen molar-refractivity contribution in [3.05, 3.63) is 83.9 Å². The molecule has 0 bridgehead atoms. The maximum atomic E-state index is 12.1. The van der Waals surface area contributed by atoms with Crippen molar-refractivity contribution in [3.8, 4) is 28.6 Å². The summed E-state index contributed by atoms with van der Waals surface area (Å²) in [5.74, 6) is 1.14. The summed E-state index contributed by atoms with van der Waals surface area (Å²) in [6.45, 7) is -0.131. The lowest BCUT2D eigenvalue weighted by Crippen LogP contribution is -2.20. The lowest BCUT2D eigenvalue weighted by molar-refractivity contribution is -0.118. The van der Waals surface area contributed by atoms with E-state index in [1.807, 2.05) is 36.4 Å². The van der Waals surface area contributed by atoms with E-state index >= 15 is 0 Å². The second-order valence-electron chi connectivity index (χ2n) is 6.16. The zero-order valence-corrected chi connectivity index (χ0v) is 16.0. The number of nitrogens with one attached hydrogen (secondary N) is 1. The van der Waals surface area contributed by atoms with Crippen LogP contribution in [0.4, 0.5) is 5.69 Å². The minimum Gasteiger partial charge on any atom is -0.484 e. The fourth-order valence-electron chi connectivity index (χ4n) is 2.64. The van der Waals surface area contributed by atoms with Crippen molar-refractivity contribution >= 4 is 23.2 Å². The molecule has 0 spiro atoms. The molecule has 0 atom stereocenters. The van der Waals surface area contributed by atoms with Crippen LogP contribution in [0.5, 0.6) is 5.75 Å². The van der Waals surface area contributed by atoms with Gasteiger partial charge in [0.2, 0.25) is 5.82 Å². The number of hydrogen-bond acceptors (Lipinski definition) is 5. The van der Waals surface area contributed by atoms with Gasteiger partial charge in [0.05, 0.1) is 0 Å². The highest BCUT2D eigenvalue weighted by Gasteiger charge is 2.11. The van der Waals surface area contributed by atoms with Crippen LogP contribution >= 0.6 is 11.6 Å². The van der Waals surface area contributed by atoms with Crippen molar-refractivity contribution in [1.82, 2.24) is 10.1 Å². The van der Waals surface area contributed by atoms with Crippen LogP contribution in [-0.4, -0.2) is 22.7 Å². The molecular formula is C22H16ClN3O3. The Morgan fingerprint density at radius 3 is 2.52 bits per heavy atom. The highest BCUT2D eigenvalue weighted by Crippen LogP contribution is 2.25. The number of nitrogens with zero attached hydrogens (tertiary/aromatic N) is 2. The average Bonchev–Trinajstić information content (AvgIpc) is 3.25. The Morgan fingerprint density at radius 2 is 1.72 bits per heavy atom. The lowest BCUT2D eigenvalue weighted by atomic mass is 10.2. The molecule has 0 aliphatic carbocycles. The van der Waals surface area contributed by atoms with Crippen molar-refractivity contribution in [1.29, 1.82) is 0 Å². The molecule has 0 fully saturated rings. The zero-order chi connectivity index (χ0) is 20.1. The Labute approximate surface area is 172 Å². The highest BCUT2D eigenvalue weighted by molar-refractivity contribution is 6.30. The van der Waals surface area contributed by atoms with E-state index < -0.39 is 0 Å². The van der Waals surface area contributed by atoms with Crippen molar-refractivity contribution in [2.45, 2.75) is 0 Å². The van der Waals surface area contributed by atoms with Gasteiger partial charge in [-0.25, -0.2) is 0 Å². The third-order valence-corrected chi connectivity index (χ3v) is 4.29. The van der Waals surface area contributed by atoms with Crippen molar-refractivity contribution in [2.24, 2.45) is 0 Å². The van der Waals surface area contributed by atoms with Gasteiger partial charge in [0.15, 0.2) is 6.61 Å². The third-order valence-electron chi connectivity index (χ3n) is 4.04. The van der Waals surface area contributed by atoms with Gasteiger partial charge in [0, 0.05) is 21.8 Å². The molecule has 3 aromatic carbocycles. The highest BCUT2D eigenvalue weighted by atomic mass is 35.5. The van der Waals surface area contributed by atoms with Crippen molar-refractivity contribution in [2.75, 3.05) is 11.9 Å². The van der Waals surface area contributed by atoms with Gasteiger partial charge in [-0.2, -0.15) is 4.98 Å². The van der Waals surface area contributed by atoms with Gasteiger partial charge in [-0.05, 0) is 48.5 Å². The minimum atomic E-state index is -0.274. The molecule has 0 saturated carbocycles. The summed E-state index contributed by atoms with van der Waals surface area (Å²) >= 11 is 5.84. The maximum absolute atomic E-state index is 12.1. The van der Waals surface area contributed by atoms with Crippen LogP contribution in [0.2, 0.25) is 5.02 Å². The number of halogens is 1. The number of carbonyl (C=O) groups is 1. The molecular weight excluding hydrogens is 390 g/mol. The topological polar surface area (TPSA) is 77.2 Å². The first-order valence-electron chi connectivity index (χ1n) is 8.85. The molecule has 1 aromatic heterocycles. The number of aromatic nitrogens is 2. The summed E-state index contributed by atoms with van der Waals surface area (Å²) in [7, 11) is 0. The Balaban J connectivity index is 1.40. The summed E-state index contributed by atoms with van der Waals surface area (Å²) in [6.07, 6.45) is 0. The van der Waals surface area contributed by atoms with Crippen LogP contribution in [0, 0.1) is 0 Å². The normalized spacial score (nSPS) is 10.5. The zero-order valence-electron chi connectivity index (χ0n) is 15.2. The van der Waals surface area contributed by atoms with E-state index in [1.165, 1.54) is 0 Å². The van der Waals surface area contributed by atoms with Crippen molar-refractivity contribution in [3.63, 3.8) is 0 Å². The second kappa shape index (κ2) is 8.58. The minimum absolute atomic E-state index is 0.131. The summed E-state index contributed by atoms with van der Waals surface area (Å²) in [4.78, 5) is 16.5. The largest absolute Gasteiger partial charge is 0.484 e. The molecule has 4 aromatic rings. The van der Waals surface area contributed by atoms with Crippen LogP contribution in [0.25, 0.3) is 22.8 Å². The van der Waals surface area contributed by atoms with E-state index in [-0.39, 0.29) is 12.5 Å². The number of benzene rings is 3. The van der Waals surface area contributed by atoms with E-state index in [0.717, 1.165) is 11.1 Å². The number of carbonyl (C=O) groups excluding carboxylic acids is 1. The van der Waals surface area contributed by atoms with Crippen LogP contribution in [0.1, 0.15) is 0 Å². The van der Waals surface area contributed by atoms with Crippen LogP contribution in [0.3, 0.4) is 0 Å². The predicted molar refractivity (Wildman–Crippen MR) is 111 cm³/mol. The molecule has 1 heterocycles. The third kappa shape index (κ3) is 4.80. The van der Waals surface area contributed by atoms with Crippen LogP contribution in [-0.2, 0) is 4.79 Å². The van der Waals surface area contributed by atoms with Gasteiger partial charge in [0.1, 0.15) is 5.75 Å². The molecule has 0 unspecified atom stereocenters. The Morgan fingerprint density at radius 1 is 0.966 bits per heavy atom. The predicted octanol–water partition coefficient (Wildman–Crippen LogP) is 5.07. The molecule has 29 heavy (non-hydrogen) atoms. The van der Waals surface area contributed by atoms with E-state index in [2.05, 4.69) is 15.5 Å². The van der Waals surface area contributed by atoms with Gasteiger partial charge < -0.3 is 14.6 Å². The maximum Gasteiger partial charge on any atom is 0.262 e. The van der Waals surface area contributed by atoms with Gasteiger partial charge in [-0.3, -0.25) is 4.79 Å². The van der Waals surface area contributed by atoms with Crippen LogP contribution in [0.15, 0.2) is 83.4 Å². The van der Waals surface area contributed by atoms with E-state index in [9.17, 15) is 4.79 Å². The number of amides is 1. The van der Waals surface area contributed by atoms with E-state index in [1.54, 1.807) is 42.5 Å². The molecule has 0 saturated heterocycles. The summed E-state index contributed by atoms with van der Waals surface area (Å²) in [5, 5.41) is 7.38. The Bertz CT molecular complexity index is 1110. The average molecular weight is 406 g/mol. The molecule has 1 amide bonds. The molecule has 6 nitrogen and oxygen atoms in total. The smallest absolute Gasteiger partial charge is 0.262 e. The molecule has 0 radical (unpaired) electrons. The Kier molecular flexibility index (Phi) is 5.54. The van der Waals surface area contributed by atoms with Gasteiger partial charge in [-0.1, -0.05) is 47.1 Å². The molecule has 4 rings (SSSR count). The summed E-state index contributed by atoms with van der Waals surface area (Å²) < 4.78 is 10.9. The van der Waals surface area contributed by atoms with E-state index in [4.69, 9.17) is 20.9 Å². The summed E-state index contributed by atoms with van der Waals surface area (Å²) in [5.41, 5.74) is 2.22. The van der Waals surface area contributed by atoms with Crippen molar-refractivity contribution < 1.29 is 14.1 Å². The first kappa shape index (κ1) is 18.7. The molecule has 0 aliphatic rings. The van der Waals surface area contributed by atoms with Gasteiger partial charge in [-0.15, -0.1) is 0 Å². The fraction of sp³-hybridized carbons (Fsp3) is 0.0455. The molecule has 0 aliphatic heterocycles. The number of hydrogen-bond donors (Lipinski definition) is 1. The first-order valence-corrected chi connectivity index (χ1v) is 9.23. The molecule has 7 heteroatoms. The lowest BCUT2D eigenvalue weighted by Gasteiger charge is -2.08. The standard InChI is InChI=1S/C22H16ClN3O3/c23-17-9-11-18(12-10-17)24-20(27)14-28-19-8-4-7-16(13-19)21-25-22(29-26-21)15-5-2-1-3-6-15/h1-13H,14H2,(H,24,27). The van der Waals surface area contributed by atoms with Gasteiger partial charge >= 0.3 is 0 Å². The number of rotatable bonds is 6. The second-order valence-corrected chi connectivity index (χ2v) is 6.60. The number of anilines is 1. The Hall–Kier alpha value is -3.64. The fourth-order valence-corrected chi connectivity index (χ4v) is 2.77. The molecule has 1 N–H and O–H groups in total. The van der Waals surface area contributed by atoms with Crippen LogP contribution < -0.4 is 10.1 Å². The monoisotopic (exact) mass is 405 g/mol. The first-order chi connectivity index (χ1) is 14.2. The SMILES string of the molecule is O=C(COc1cccc(-c2noc(-c3ccccc3)n2)c1)Nc1ccc(Cl)cc1. The quantitative estimate of drug-likeness (QED) is 0.484. The summed E-state index contributed by atoms with van der Waals surface area (Å²) in [6, 6.07) is 23.6.